The van der Waals surface area contributed by atoms with Crippen LogP contribution in [0.25, 0.3) is 22.6 Å². The lowest BCUT2D eigenvalue weighted by Gasteiger charge is -2.01. The summed E-state index contributed by atoms with van der Waals surface area (Å²) in [7, 11) is 0. The number of nitriles is 1. The van der Waals surface area contributed by atoms with Crippen molar-refractivity contribution in [3.05, 3.63) is 65.9 Å². The van der Waals surface area contributed by atoms with E-state index in [1.807, 2.05) is 42.6 Å². The molecule has 0 atom stereocenters. The van der Waals surface area contributed by atoms with Gasteiger partial charge in [-0.2, -0.15) is 5.26 Å². The molecule has 96 valence electrons. The van der Waals surface area contributed by atoms with Crippen LogP contribution in [0, 0.1) is 18.3 Å². The molecule has 0 bridgehead atoms. The van der Waals surface area contributed by atoms with Gasteiger partial charge in [-0.15, -0.1) is 0 Å². The topological polar surface area (TPSA) is 52.5 Å². The molecule has 3 nitrogen and oxygen atoms in total. The highest BCUT2D eigenvalue weighted by molar-refractivity contribution is 5.66. The Labute approximate surface area is 117 Å². The first-order valence-electron chi connectivity index (χ1n) is 6.39. The number of H-pyrrole nitrogens is 1. The van der Waals surface area contributed by atoms with Crippen LogP contribution >= 0.6 is 0 Å². The van der Waals surface area contributed by atoms with Crippen LogP contribution in [-0.2, 0) is 0 Å². The molecule has 20 heavy (non-hydrogen) atoms. The highest BCUT2D eigenvalue weighted by Gasteiger charge is 2.07. The summed E-state index contributed by atoms with van der Waals surface area (Å²) in [5.74, 6) is 0.863. The fraction of sp³-hybridized carbons (Fsp3) is 0.0588. The van der Waals surface area contributed by atoms with E-state index in [4.69, 9.17) is 5.26 Å². The zero-order chi connectivity index (χ0) is 13.9. The molecule has 0 spiro atoms. The van der Waals surface area contributed by atoms with Crippen LogP contribution in [0.3, 0.4) is 0 Å². The summed E-state index contributed by atoms with van der Waals surface area (Å²) < 4.78 is 0. The highest BCUT2D eigenvalue weighted by atomic mass is 14.9. The van der Waals surface area contributed by atoms with Crippen LogP contribution in [0.2, 0.25) is 0 Å². The zero-order valence-electron chi connectivity index (χ0n) is 11.1. The molecular formula is C17H13N3. The van der Waals surface area contributed by atoms with Gasteiger partial charge in [-0.1, -0.05) is 36.4 Å². The summed E-state index contributed by atoms with van der Waals surface area (Å²) >= 11 is 0. The maximum Gasteiger partial charge on any atom is 0.138 e. The van der Waals surface area contributed by atoms with E-state index >= 15 is 0 Å². The molecule has 3 heteroatoms. The average molecular weight is 259 g/mol. The Morgan fingerprint density at radius 1 is 1.05 bits per heavy atom. The van der Waals surface area contributed by atoms with Gasteiger partial charge in [0.2, 0.25) is 0 Å². The van der Waals surface area contributed by atoms with Crippen molar-refractivity contribution in [2.24, 2.45) is 0 Å². The van der Waals surface area contributed by atoms with E-state index in [2.05, 4.69) is 35.1 Å². The minimum Gasteiger partial charge on any atom is -0.338 e. The van der Waals surface area contributed by atoms with Crippen molar-refractivity contribution in [3.63, 3.8) is 0 Å². The van der Waals surface area contributed by atoms with E-state index in [1.165, 1.54) is 5.56 Å². The molecule has 0 amide bonds. The van der Waals surface area contributed by atoms with Gasteiger partial charge >= 0.3 is 0 Å². The molecule has 0 aliphatic carbocycles. The van der Waals surface area contributed by atoms with Gasteiger partial charge in [0.1, 0.15) is 5.82 Å². The lowest BCUT2D eigenvalue weighted by atomic mass is 10.1. The predicted octanol–water partition coefficient (Wildman–Crippen LogP) is 3.92. The van der Waals surface area contributed by atoms with Crippen LogP contribution in [0.15, 0.2) is 54.7 Å². The van der Waals surface area contributed by atoms with Crippen molar-refractivity contribution >= 4 is 0 Å². The Bertz CT molecular complexity index is 776. The standard InChI is InChI=1S/C17H13N3/c1-12-4-2-3-5-15(12)17-19-11-16(20-17)14-8-6-13(10-18)7-9-14/h2-9,11H,1H3,(H,19,20). The molecule has 1 aromatic heterocycles. The zero-order valence-corrected chi connectivity index (χ0v) is 11.1. The number of hydrogen-bond acceptors (Lipinski definition) is 2. The summed E-state index contributed by atoms with van der Waals surface area (Å²) in [6.07, 6.45) is 1.82. The van der Waals surface area contributed by atoms with Gasteiger partial charge in [-0.25, -0.2) is 4.98 Å². The Hall–Kier alpha value is -2.86. The van der Waals surface area contributed by atoms with Gasteiger partial charge in [0.15, 0.2) is 0 Å². The van der Waals surface area contributed by atoms with Gasteiger partial charge in [-0.3, -0.25) is 0 Å². The Kier molecular flexibility index (Phi) is 3.06. The molecule has 0 saturated heterocycles. The molecule has 0 aliphatic rings. The predicted molar refractivity (Wildman–Crippen MR) is 78.9 cm³/mol. The number of aromatic amines is 1. The summed E-state index contributed by atoms with van der Waals surface area (Å²) in [6, 6.07) is 17.7. The smallest absolute Gasteiger partial charge is 0.138 e. The maximum absolute atomic E-state index is 8.81. The van der Waals surface area contributed by atoms with Crippen molar-refractivity contribution in [1.29, 1.82) is 5.26 Å². The minimum absolute atomic E-state index is 0.660. The van der Waals surface area contributed by atoms with Gasteiger partial charge in [0, 0.05) is 5.56 Å². The Morgan fingerprint density at radius 2 is 1.80 bits per heavy atom. The van der Waals surface area contributed by atoms with E-state index in [0.717, 1.165) is 22.6 Å². The van der Waals surface area contributed by atoms with E-state index in [9.17, 15) is 0 Å². The van der Waals surface area contributed by atoms with E-state index in [0.29, 0.717) is 5.56 Å². The van der Waals surface area contributed by atoms with Crippen molar-refractivity contribution in [3.8, 4) is 28.7 Å². The maximum atomic E-state index is 8.81. The van der Waals surface area contributed by atoms with Crippen molar-refractivity contribution in [1.82, 2.24) is 9.97 Å². The summed E-state index contributed by atoms with van der Waals surface area (Å²) in [5.41, 5.74) is 4.93. The molecule has 0 radical (unpaired) electrons. The number of aromatic nitrogens is 2. The lowest BCUT2D eigenvalue weighted by Crippen LogP contribution is -1.85. The number of nitrogens with one attached hydrogen (secondary N) is 1. The SMILES string of the molecule is Cc1ccccc1-c1ncc(-c2ccc(C#N)cc2)[nH]1. The molecule has 0 aliphatic heterocycles. The van der Waals surface area contributed by atoms with E-state index < -0.39 is 0 Å². The van der Waals surface area contributed by atoms with Crippen LogP contribution in [0.5, 0.6) is 0 Å². The molecule has 3 aromatic rings. The highest BCUT2D eigenvalue weighted by Crippen LogP contribution is 2.24. The largest absolute Gasteiger partial charge is 0.338 e. The number of hydrogen-bond donors (Lipinski definition) is 1. The molecule has 0 unspecified atom stereocenters. The normalized spacial score (nSPS) is 10.2. The second kappa shape index (κ2) is 5.02. The van der Waals surface area contributed by atoms with Gasteiger partial charge in [-0.05, 0) is 30.2 Å². The lowest BCUT2D eigenvalue weighted by molar-refractivity contribution is 1.29. The first-order valence-corrected chi connectivity index (χ1v) is 6.39. The Balaban J connectivity index is 1.98. The third-order valence-electron chi connectivity index (χ3n) is 3.30. The van der Waals surface area contributed by atoms with Crippen LogP contribution < -0.4 is 0 Å². The van der Waals surface area contributed by atoms with E-state index in [1.54, 1.807) is 0 Å². The number of rotatable bonds is 2. The van der Waals surface area contributed by atoms with Crippen LogP contribution in [-0.4, -0.2) is 9.97 Å². The van der Waals surface area contributed by atoms with Crippen molar-refractivity contribution in [2.45, 2.75) is 6.92 Å². The molecule has 1 N–H and O–H groups in total. The number of nitrogens with zero attached hydrogens (tertiary/aromatic N) is 2. The fourth-order valence-corrected chi connectivity index (χ4v) is 2.17. The van der Waals surface area contributed by atoms with Crippen molar-refractivity contribution < 1.29 is 0 Å². The monoisotopic (exact) mass is 259 g/mol. The van der Waals surface area contributed by atoms with Gasteiger partial charge in [0.05, 0.1) is 23.5 Å². The summed E-state index contributed by atoms with van der Waals surface area (Å²) in [5, 5.41) is 8.81. The number of aryl methyl sites for hydroxylation is 1. The first kappa shape index (κ1) is 12.2. The summed E-state index contributed by atoms with van der Waals surface area (Å²) in [6.45, 7) is 2.07. The van der Waals surface area contributed by atoms with Gasteiger partial charge < -0.3 is 4.98 Å². The third kappa shape index (κ3) is 2.19. The van der Waals surface area contributed by atoms with Gasteiger partial charge in [0.25, 0.3) is 0 Å². The minimum atomic E-state index is 0.660. The average Bonchev–Trinajstić information content (AvgIpc) is 2.97. The number of imidazole rings is 1. The fourth-order valence-electron chi connectivity index (χ4n) is 2.17. The summed E-state index contributed by atoms with van der Waals surface area (Å²) in [4.78, 5) is 7.78. The Morgan fingerprint density at radius 3 is 2.50 bits per heavy atom. The first-order chi connectivity index (χ1) is 9.78. The third-order valence-corrected chi connectivity index (χ3v) is 3.30. The van der Waals surface area contributed by atoms with Crippen molar-refractivity contribution in [2.75, 3.05) is 0 Å². The molecule has 0 fully saturated rings. The van der Waals surface area contributed by atoms with Crippen LogP contribution in [0.1, 0.15) is 11.1 Å². The quantitative estimate of drug-likeness (QED) is 0.758. The molecular weight excluding hydrogens is 246 g/mol. The molecule has 0 saturated carbocycles. The van der Waals surface area contributed by atoms with E-state index in [-0.39, 0.29) is 0 Å². The molecule has 3 rings (SSSR count). The second-order valence-corrected chi connectivity index (χ2v) is 4.65. The molecule has 1 heterocycles. The van der Waals surface area contributed by atoms with Crippen LogP contribution in [0.4, 0.5) is 0 Å². The molecule has 2 aromatic carbocycles. The number of benzene rings is 2. The second-order valence-electron chi connectivity index (χ2n) is 4.65.